The summed E-state index contributed by atoms with van der Waals surface area (Å²) in [4.78, 5) is 13.5. The van der Waals surface area contributed by atoms with Gasteiger partial charge in [0.15, 0.2) is 0 Å². The Labute approximate surface area is 162 Å². The highest BCUT2D eigenvalue weighted by Crippen LogP contribution is 2.35. The van der Waals surface area contributed by atoms with Gasteiger partial charge in [0.1, 0.15) is 11.9 Å². The standard InChI is InChI=1S/C21H20ClN3O2/c1-25-11-10-19(27-20-5-3-2-4-17(20)22)16-7-6-14(12-15(16)13-25)18-8-9-21(26)24-23-18/h2-9,12,19H,10-11,13H2,1H3,(H,24,26). The van der Waals surface area contributed by atoms with Gasteiger partial charge in [0, 0.05) is 31.1 Å². The quantitative estimate of drug-likeness (QED) is 0.743. The lowest BCUT2D eigenvalue weighted by Crippen LogP contribution is -2.18. The molecule has 0 spiro atoms. The van der Waals surface area contributed by atoms with E-state index in [4.69, 9.17) is 16.3 Å². The Morgan fingerprint density at radius 2 is 2.04 bits per heavy atom. The zero-order valence-electron chi connectivity index (χ0n) is 15.0. The molecule has 27 heavy (non-hydrogen) atoms. The summed E-state index contributed by atoms with van der Waals surface area (Å²) in [5.41, 5.74) is 3.86. The number of aromatic nitrogens is 2. The van der Waals surface area contributed by atoms with Crippen molar-refractivity contribution in [2.24, 2.45) is 0 Å². The van der Waals surface area contributed by atoms with E-state index < -0.39 is 0 Å². The SMILES string of the molecule is CN1CCC(Oc2ccccc2Cl)c2ccc(-c3ccc(=O)[nH]n3)cc2C1. The predicted octanol–water partition coefficient (Wildman–Crippen LogP) is 4.05. The van der Waals surface area contributed by atoms with Gasteiger partial charge >= 0.3 is 0 Å². The van der Waals surface area contributed by atoms with Crippen molar-refractivity contribution in [2.45, 2.75) is 19.1 Å². The predicted molar refractivity (Wildman–Crippen MR) is 106 cm³/mol. The van der Waals surface area contributed by atoms with Crippen molar-refractivity contribution in [2.75, 3.05) is 13.6 Å². The summed E-state index contributed by atoms with van der Waals surface area (Å²) in [6, 6.07) is 17.0. The maximum absolute atomic E-state index is 11.3. The summed E-state index contributed by atoms with van der Waals surface area (Å²) in [6.45, 7) is 1.75. The van der Waals surface area contributed by atoms with E-state index >= 15 is 0 Å². The summed E-state index contributed by atoms with van der Waals surface area (Å²) in [7, 11) is 2.10. The molecule has 0 fully saturated rings. The average Bonchev–Trinajstić information content (AvgIpc) is 2.82. The van der Waals surface area contributed by atoms with Crippen molar-refractivity contribution in [1.82, 2.24) is 15.1 Å². The fraction of sp³-hybridized carbons (Fsp3) is 0.238. The van der Waals surface area contributed by atoms with Gasteiger partial charge in [-0.15, -0.1) is 0 Å². The number of ether oxygens (including phenoxy) is 1. The Balaban J connectivity index is 1.70. The number of halogens is 1. The first-order valence-electron chi connectivity index (χ1n) is 8.89. The van der Waals surface area contributed by atoms with Crippen LogP contribution in [0.1, 0.15) is 23.7 Å². The Bertz CT molecular complexity index is 998. The number of aromatic amines is 1. The number of para-hydroxylation sites is 1. The van der Waals surface area contributed by atoms with Gasteiger partial charge in [0.05, 0.1) is 10.7 Å². The third-order valence-electron chi connectivity index (χ3n) is 4.78. The van der Waals surface area contributed by atoms with Gasteiger partial charge in [-0.3, -0.25) is 4.79 Å². The van der Waals surface area contributed by atoms with Crippen LogP contribution in [-0.2, 0) is 6.54 Å². The molecular formula is C21H20ClN3O2. The van der Waals surface area contributed by atoms with Gasteiger partial charge < -0.3 is 9.64 Å². The van der Waals surface area contributed by atoms with Gasteiger partial charge in [-0.05, 0) is 42.4 Å². The highest BCUT2D eigenvalue weighted by atomic mass is 35.5. The van der Waals surface area contributed by atoms with E-state index in [9.17, 15) is 4.79 Å². The molecule has 1 N–H and O–H groups in total. The highest BCUT2D eigenvalue weighted by Gasteiger charge is 2.23. The number of benzene rings is 2. The lowest BCUT2D eigenvalue weighted by Gasteiger charge is -2.20. The first kappa shape index (κ1) is 17.8. The zero-order valence-corrected chi connectivity index (χ0v) is 15.7. The fourth-order valence-corrected chi connectivity index (χ4v) is 3.58. The second-order valence-electron chi connectivity index (χ2n) is 6.78. The van der Waals surface area contributed by atoms with Gasteiger partial charge in [-0.25, -0.2) is 5.10 Å². The molecule has 1 atom stereocenters. The summed E-state index contributed by atoms with van der Waals surface area (Å²) in [5, 5.41) is 7.25. The molecule has 138 valence electrons. The summed E-state index contributed by atoms with van der Waals surface area (Å²) in [6.07, 6.45) is 0.813. The molecule has 6 heteroatoms. The van der Waals surface area contributed by atoms with Crippen molar-refractivity contribution in [3.63, 3.8) is 0 Å². The van der Waals surface area contributed by atoms with Crippen LogP contribution >= 0.6 is 11.6 Å². The number of hydrogen-bond acceptors (Lipinski definition) is 4. The third kappa shape index (κ3) is 3.89. The summed E-state index contributed by atoms with van der Waals surface area (Å²) < 4.78 is 6.28. The molecule has 3 aromatic rings. The number of H-pyrrole nitrogens is 1. The monoisotopic (exact) mass is 381 g/mol. The topological polar surface area (TPSA) is 58.2 Å². The Hall–Kier alpha value is -2.63. The number of nitrogens with one attached hydrogen (secondary N) is 1. The van der Waals surface area contributed by atoms with Crippen LogP contribution in [0.2, 0.25) is 5.02 Å². The Morgan fingerprint density at radius 3 is 2.81 bits per heavy atom. The van der Waals surface area contributed by atoms with Crippen molar-refractivity contribution < 1.29 is 4.74 Å². The van der Waals surface area contributed by atoms with Crippen LogP contribution in [0.25, 0.3) is 11.3 Å². The minimum atomic E-state index is -0.207. The number of nitrogens with zero attached hydrogens (tertiary/aromatic N) is 2. The van der Waals surface area contributed by atoms with E-state index in [-0.39, 0.29) is 11.7 Å². The second-order valence-corrected chi connectivity index (χ2v) is 7.19. The maximum atomic E-state index is 11.3. The smallest absolute Gasteiger partial charge is 0.264 e. The lowest BCUT2D eigenvalue weighted by molar-refractivity contribution is 0.183. The van der Waals surface area contributed by atoms with E-state index in [2.05, 4.69) is 34.3 Å². The molecule has 1 aromatic heterocycles. The molecular weight excluding hydrogens is 362 g/mol. The molecule has 2 heterocycles. The molecule has 0 bridgehead atoms. The van der Waals surface area contributed by atoms with Gasteiger partial charge in [-0.1, -0.05) is 35.9 Å². The van der Waals surface area contributed by atoms with E-state index in [1.54, 1.807) is 6.07 Å². The van der Waals surface area contributed by atoms with E-state index in [1.165, 1.54) is 11.6 Å². The lowest BCUT2D eigenvalue weighted by atomic mass is 9.97. The van der Waals surface area contributed by atoms with Crippen LogP contribution < -0.4 is 10.3 Å². The van der Waals surface area contributed by atoms with E-state index in [0.29, 0.717) is 10.8 Å². The molecule has 1 unspecified atom stereocenters. The number of fused-ring (bicyclic) bond motifs is 1. The molecule has 2 aromatic carbocycles. The molecule has 0 amide bonds. The highest BCUT2D eigenvalue weighted by molar-refractivity contribution is 6.32. The van der Waals surface area contributed by atoms with Crippen molar-refractivity contribution in [1.29, 1.82) is 0 Å². The molecule has 0 saturated carbocycles. The Morgan fingerprint density at radius 1 is 1.19 bits per heavy atom. The molecule has 1 aliphatic rings. The minimum absolute atomic E-state index is 0.0672. The van der Waals surface area contributed by atoms with Gasteiger partial charge in [0.25, 0.3) is 5.56 Å². The largest absolute Gasteiger partial charge is 0.484 e. The van der Waals surface area contributed by atoms with Crippen LogP contribution in [0.15, 0.2) is 59.4 Å². The fourth-order valence-electron chi connectivity index (χ4n) is 3.40. The molecule has 1 aliphatic heterocycles. The van der Waals surface area contributed by atoms with Gasteiger partial charge in [-0.2, -0.15) is 5.10 Å². The minimum Gasteiger partial charge on any atom is -0.484 e. The number of hydrogen-bond donors (Lipinski definition) is 1. The second kappa shape index (κ2) is 7.55. The maximum Gasteiger partial charge on any atom is 0.264 e. The van der Waals surface area contributed by atoms with Crippen LogP contribution in [0.5, 0.6) is 5.75 Å². The molecule has 5 nitrogen and oxygen atoms in total. The zero-order chi connectivity index (χ0) is 18.8. The normalized spacial score (nSPS) is 17.2. The molecule has 0 saturated heterocycles. The summed E-state index contributed by atoms with van der Waals surface area (Å²) >= 11 is 6.29. The van der Waals surface area contributed by atoms with Gasteiger partial charge in [0.2, 0.25) is 0 Å². The van der Waals surface area contributed by atoms with Crippen molar-refractivity contribution >= 4 is 11.6 Å². The average molecular weight is 382 g/mol. The number of rotatable bonds is 3. The van der Waals surface area contributed by atoms with Crippen LogP contribution in [0.4, 0.5) is 0 Å². The van der Waals surface area contributed by atoms with Crippen LogP contribution in [-0.4, -0.2) is 28.7 Å². The summed E-state index contributed by atoms with van der Waals surface area (Å²) in [5.74, 6) is 0.700. The van der Waals surface area contributed by atoms with Crippen molar-refractivity contribution in [3.8, 4) is 17.0 Å². The molecule has 0 aliphatic carbocycles. The first-order chi connectivity index (χ1) is 13.1. The van der Waals surface area contributed by atoms with E-state index in [1.807, 2.05) is 30.3 Å². The Kier molecular flexibility index (Phi) is 4.97. The van der Waals surface area contributed by atoms with Crippen LogP contribution in [0, 0.1) is 0 Å². The molecule has 0 radical (unpaired) electrons. The molecule has 4 rings (SSSR count). The van der Waals surface area contributed by atoms with Crippen molar-refractivity contribution in [3.05, 3.63) is 81.1 Å². The van der Waals surface area contributed by atoms with E-state index in [0.717, 1.165) is 36.3 Å². The van der Waals surface area contributed by atoms with Crippen LogP contribution in [0.3, 0.4) is 0 Å². The third-order valence-corrected chi connectivity index (χ3v) is 5.10. The first-order valence-corrected chi connectivity index (χ1v) is 9.26.